The molecule has 136 valence electrons. The van der Waals surface area contributed by atoms with Crippen LogP contribution in [0.3, 0.4) is 0 Å². The lowest BCUT2D eigenvalue weighted by Crippen LogP contribution is -2.64. The molecule has 3 nitrogen and oxygen atoms in total. The zero-order chi connectivity index (χ0) is 19.1. The molecule has 12 heteroatoms. The Kier molecular flexibility index (Phi) is 5.11. The highest BCUT2D eigenvalue weighted by molar-refractivity contribution is 6.29. The van der Waals surface area contributed by atoms with Gasteiger partial charge in [0, 0.05) is 18.3 Å². The zero-order valence-electron chi connectivity index (χ0n) is 11.9. The summed E-state index contributed by atoms with van der Waals surface area (Å²) in [5.74, 6) is -27.7. The van der Waals surface area contributed by atoms with Crippen molar-refractivity contribution in [3.8, 4) is 0 Å². The first kappa shape index (κ1) is 20.4. The number of hydrogen-bond acceptors (Lipinski definition) is 2. The minimum atomic E-state index is -6.66. The highest BCUT2D eigenvalue weighted by atomic mass is 35.5. The van der Waals surface area contributed by atoms with E-state index in [1.807, 2.05) is 0 Å². The lowest BCUT2D eigenvalue weighted by atomic mass is 9.99. The van der Waals surface area contributed by atoms with Crippen LogP contribution in [0.15, 0.2) is 12.1 Å². The van der Waals surface area contributed by atoms with Crippen LogP contribution in [0.4, 0.5) is 40.8 Å². The van der Waals surface area contributed by atoms with E-state index in [1.165, 1.54) is 12.2 Å². The maximum atomic E-state index is 13.5. The zero-order valence-corrected chi connectivity index (χ0v) is 12.7. The molecule has 1 rings (SSSR count). The van der Waals surface area contributed by atoms with Gasteiger partial charge in [-0.15, -0.1) is 0 Å². The highest BCUT2D eigenvalue weighted by Gasteiger charge is 2.81. The van der Waals surface area contributed by atoms with Gasteiger partial charge in [-0.2, -0.15) is 35.1 Å². The van der Waals surface area contributed by atoms with Gasteiger partial charge in [0.05, 0.1) is 0 Å². The van der Waals surface area contributed by atoms with Crippen molar-refractivity contribution in [2.24, 2.45) is 0 Å². The molecule has 0 spiro atoms. The number of nitrogens with one attached hydrogen (secondary N) is 1. The summed E-state index contributed by atoms with van der Waals surface area (Å²) in [7, 11) is 0. The van der Waals surface area contributed by atoms with Gasteiger partial charge >= 0.3 is 29.6 Å². The summed E-state index contributed by atoms with van der Waals surface area (Å²) in [6.07, 6.45) is 0. The molecular weight excluding hydrogens is 376 g/mol. The fourth-order valence-electron chi connectivity index (χ4n) is 1.53. The Labute approximate surface area is 135 Å². The number of amides is 1. The second kappa shape index (κ2) is 6.01. The quantitative estimate of drug-likeness (QED) is 0.598. The van der Waals surface area contributed by atoms with Crippen molar-refractivity contribution < 1.29 is 39.9 Å². The SMILES string of the molecule is Cc1cc(NC(=O)C(F)(F)C(F)(F)C(F)(F)C(C)(F)F)cc(Cl)n1. The Morgan fingerprint density at radius 3 is 1.96 bits per heavy atom. The Morgan fingerprint density at radius 1 is 1.04 bits per heavy atom. The molecule has 1 amide bonds. The third-order valence-electron chi connectivity index (χ3n) is 2.81. The van der Waals surface area contributed by atoms with E-state index in [0.717, 1.165) is 12.1 Å². The van der Waals surface area contributed by atoms with Gasteiger partial charge < -0.3 is 5.32 Å². The number of aryl methyl sites for hydroxylation is 1. The first-order valence-corrected chi connectivity index (χ1v) is 6.38. The van der Waals surface area contributed by atoms with E-state index in [2.05, 4.69) is 4.98 Å². The van der Waals surface area contributed by atoms with Crippen molar-refractivity contribution in [3.63, 3.8) is 0 Å². The Balaban J connectivity index is 3.20. The minimum absolute atomic E-state index is 0.0818. The van der Waals surface area contributed by atoms with Crippen LogP contribution in [0.5, 0.6) is 0 Å². The van der Waals surface area contributed by atoms with Crippen molar-refractivity contribution in [1.82, 2.24) is 4.98 Å². The summed E-state index contributed by atoms with van der Waals surface area (Å²) in [5.41, 5.74) is -0.474. The van der Waals surface area contributed by atoms with Gasteiger partial charge in [-0.1, -0.05) is 11.6 Å². The van der Waals surface area contributed by atoms with Crippen molar-refractivity contribution >= 4 is 23.2 Å². The molecule has 0 aromatic carbocycles. The molecule has 0 unspecified atom stereocenters. The fourth-order valence-corrected chi connectivity index (χ4v) is 1.78. The maximum absolute atomic E-state index is 13.5. The second-order valence-electron chi connectivity index (χ2n) is 4.89. The van der Waals surface area contributed by atoms with Gasteiger partial charge in [-0.3, -0.25) is 4.79 Å². The number of aromatic nitrogens is 1. The van der Waals surface area contributed by atoms with E-state index in [1.54, 1.807) is 0 Å². The third-order valence-corrected chi connectivity index (χ3v) is 3.00. The van der Waals surface area contributed by atoms with Gasteiger partial charge in [-0.05, 0) is 19.1 Å². The Bertz CT molecular complexity index is 624. The van der Waals surface area contributed by atoms with Crippen LogP contribution in [0, 0.1) is 6.92 Å². The largest absolute Gasteiger partial charge is 0.393 e. The van der Waals surface area contributed by atoms with E-state index in [4.69, 9.17) is 11.6 Å². The van der Waals surface area contributed by atoms with Gasteiger partial charge in [0.25, 0.3) is 0 Å². The van der Waals surface area contributed by atoms with E-state index < -0.39 is 42.2 Å². The van der Waals surface area contributed by atoms with Crippen LogP contribution in [0.2, 0.25) is 5.15 Å². The van der Waals surface area contributed by atoms with Crippen LogP contribution in [-0.4, -0.2) is 34.6 Å². The van der Waals surface area contributed by atoms with E-state index in [9.17, 15) is 39.9 Å². The maximum Gasteiger partial charge on any atom is 0.393 e. The Morgan fingerprint density at radius 2 is 1.54 bits per heavy atom. The topological polar surface area (TPSA) is 42.0 Å². The lowest BCUT2D eigenvalue weighted by molar-refractivity contribution is -0.351. The van der Waals surface area contributed by atoms with Gasteiger partial charge in [0.1, 0.15) is 5.15 Å². The van der Waals surface area contributed by atoms with Crippen LogP contribution in [-0.2, 0) is 4.79 Å². The molecular formula is C12H9ClF8N2O. The lowest BCUT2D eigenvalue weighted by Gasteiger charge is -2.34. The van der Waals surface area contributed by atoms with Crippen LogP contribution in [0.25, 0.3) is 0 Å². The van der Waals surface area contributed by atoms with Crippen LogP contribution < -0.4 is 5.32 Å². The minimum Gasteiger partial charge on any atom is -0.320 e. The Hall–Kier alpha value is -1.65. The molecule has 1 aromatic rings. The summed E-state index contributed by atoms with van der Waals surface area (Å²) in [5, 5.41) is 0.908. The first-order chi connectivity index (χ1) is 10.5. The summed E-state index contributed by atoms with van der Waals surface area (Å²) < 4.78 is 105. The molecule has 0 fully saturated rings. The molecule has 24 heavy (non-hydrogen) atoms. The van der Waals surface area contributed by atoms with Gasteiger partial charge in [0.15, 0.2) is 0 Å². The predicted octanol–water partition coefficient (Wildman–Crippen LogP) is 4.54. The number of hydrogen-bond donors (Lipinski definition) is 1. The number of halogens is 9. The molecule has 0 saturated carbocycles. The number of carbonyl (C=O) groups is 1. The van der Waals surface area contributed by atoms with Gasteiger partial charge in [0.2, 0.25) is 0 Å². The van der Waals surface area contributed by atoms with Crippen molar-refractivity contribution in [2.45, 2.75) is 37.5 Å². The van der Waals surface area contributed by atoms with Crippen molar-refractivity contribution in [2.75, 3.05) is 5.32 Å². The first-order valence-electron chi connectivity index (χ1n) is 6.01. The summed E-state index contributed by atoms with van der Waals surface area (Å²) in [6, 6.07) is 1.69. The van der Waals surface area contributed by atoms with Crippen molar-refractivity contribution in [3.05, 3.63) is 23.0 Å². The molecule has 0 atom stereocenters. The number of rotatable bonds is 5. The normalized spacial score (nSPS) is 13.8. The average Bonchev–Trinajstić information content (AvgIpc) is 2.35. The summed E-state index contributed by atoms with van der Waals surface area (Å²) in [6.45, 7) is 0.640. The van der Waals surface area contributed by atoms with E-state index in [-0.39, 0.29) is 10.8 Å². The smallest absolute Gasteiger partial charge is 0.320 e. The third kappa shape index (κ3) is 3.40. The fraction of sp³-hybridized carbons (Fsp3) is 0.500. The predicted molar refractivity (Wildman–Crippen MR) is 68.1 cm³/mol. The van der Waals surface area contributed by atoms with Crippen LogP contribution in [0.1, 0.15) is 12.6 Å². The number of alkyl halides is 8. The number of pyridine rings is 1. The molecule has 1 heterocycles. The number of carbonyl (C=O) groups excluding carboxylic acids is 1. The van der Waals surface area contributed by atoms with E-state index >= 15 is 0 Å². The summed E-state index contributed by atoms with van der Waals surface area (Å²) >= 11 is 5.45. The van der Waals surface area contributed by atoms with E-state index in [0.29, 0.717) is 0 Å². The molecule has 0 aliphatic carbocycles. The second-order valence-corrected chi connectivity index (χ2v) is 5.27. The average molecular weight is 385 g/mol. The van der Waals surface area contributed by atoms with Crippen molar-refractivity contribution in [1.29, 1.82) is 0 Å². The molecule has 0 bridgehead atoms. The molecule has 0 saturated heterocycles. The van der Waals surface area contributed by atoms with Crippen LogP contribution >= 0.6 is 11.6 Å². The number of anilines is 1. The molecule has 0 aliphatic heterocycles. The monoisotopic (exact) mass is 384 g/mol. The highest BCUT2D eigenvalue weighted by Crippen LogP contribution is 2.52. The standard InChI is InChI=1S/C12H9ClF8N2O/c1-5-3-6(4-7(13)22-5)23-8(24)10(16,17)12(20,21)11(18,19)9(2,14)15/h3-4H,1-2H3,(H,22,23,24). The van der Waals surface area contributed by atoms with Gasteiger partial charge in [-0.25, -0.2) is 4.98 Å². The molecule has 0 radical (unpaired) electrons. The molecule has 1 N–H and O–H groups in total. The molecule has 0 aliphatic rings. The number of nitrogens with zero attached hydrogens (tertiary/aromatic N) is 1. The molecule has 1 aromatic heterocycles. The summed E-state index contributed by atoms with van der Waals surface area (Å²) in [4.78, 5) is 14.9.